The van der Waals surface area contributed by atoms with Gasteiger partial charge in [0.05, 0.1) is 4.90 Å². The third-order valence-electron chi connectivity index (χ3n) is 4.21. The van der Waals surface area contributed by atoms with Crippen molar-refractivity contribution in [2.75, 3.05) is 5.32 Å². The molecule has 3 aromatic rings. The van der Waals surface area contributed by atoms with E-state index in [4.69, 9.17) is 0 Å². The zero-order chi connectivity index (χ0) is 19.4. The number of pyridine rings is 1. The average Bonchev–Trinajstić information content (AvgIpc) is 2.66. The first-order chi connectivity index (χ1) is 12.9. The highest BCUT2D eigenvalue weighted by atomic mass is 32.2. The molecule has 7 heteroatoms. The van der Waals surface area contributed by atoms with Crippen LogP contribution in [0.15, 0.2) is 71.9 Å². The lowest BCUT2D eigenvalue weighted by molar-refractivity contribution is -0.118. The Morgan fingerprint density at radius 2 is 1.63 bits per heavy atom. The Balaban J connectivity index is 1.84. The first-order valence-corrected chi connectivity index (χ1v) is 10.1. The molecular weight excluding hydrogens is 362 g/mol. The van der Waals surface area contributed by atoms with E-state index in [9.17, 15) is 13.2 Å². The summed E-state index contributed by atoms with van der Waals surface area (Å²) in [5.74, 6) is -0.650. The van der Waals surface area contributed by atoms with Crippen LogP contribution in [-0.2, 0) is 14.8 Å². The van der Waals surface area contributed by atoms with Crippen LogP contribution in [0, 0.1) is 5.92 Å². The minimum Gasteiger partial charge on any atom is -0.325 e. The van der Waals surface area contributed by atoms with Gasteiger partial charge in [-0.25, -0.2) is 8.42 Å². The summed E-state index contributed by atoms with van der Waals surface area (Å²) in [4.78, 5) is 16.6. The molecule has 0 spiro atoms. The maximum absolute atomic E-state index is 12.8. The second-order valence-electron chi connectivity index (χ2n) is 6.58. The Labute approximate surface area is 158 Å². The Hall–Kier alpha value is -2.77. The largest absolute Gasteiger partial charge is 0.325 e. The molecule has 1 atom stereocenters. The molecule has 0 radical (unpaired) electrons. The van der Waals surface area contributed by atoms with E-state index in [1.807, 2.05) is 24.3 Å². The van der Waals surface area contributed by atoms with Gasteiger partial charge in [-0.3, -0.25) is 9.78 Å². The predicted molar refractivity (Wildman–Crippen MR) is 106 cm³/mol. The molecule has 2 aromatic carbocycles. The summed E-state index contributed by atoms with van der Waals surface area (Å²) in [7, 11) is -3.86. The highest BCUT2D eigenvalue weighted by Crippen LogP contribution is 2.20. The molecule has 0 fully saturated rings. The van der Waals surface area contributed by atoms with Crippen LogP contribution in [0.25, 0.3) is 10.8 Å². The summed E-state index contributed by atoms with van der Waals surface area (Å²) in [5, 5.41) is 4.49. The quantitative estimate of drug-likeness (QED) is 0.684. The van der Waals surface area contributed by atoms with Crippen molar-refractivity contribution in [3.63, 3.8) is 0 Å². The molecule has 0 saturated carbocycles. The molecule has 140 valence electrons. The number of nitrogens with one attached hydrogen (secondary N) is 2. The van der Waals surface area contributed by atoms with Crippen molar-refractivity contribution in [3.05, 3.63) is 67.0 Å². The second kappa shape index (κ2) is 7.85. The number of rotatable bonds is 6. The Morgan fingerprint density at radius 3 is 2.30 bits per heavy atom. The van der Waals surface area contributed by atoms with Gasteiger partial charge in [0.15, 0.2) is 0 Å². The maximum atomic E-state index is 12.8. The van der Waals surface area contributed by atoms with E-state index in [1.54, 1.807) is 56.6 Å². The number of fused-ring (bicyclic) bond motifs is 1. The third-order valence-corrected chi connectivity index (χ3v) is 5.65. The maximum Gasteiger partial charge on any atom is 0.242 e. The molecule has 0 aliphatic rings. The lowest BCUT2D eigenvalue weighted by atomic mass is 10.1. The van der Waals surface area contributed by atoms with Gasteiger partial charge in [-0.2, -0.15) is 4.72 Å². The summed E-state index contributed by atoms with van der Waals surface area (Å²) in [6, 6.07) is 14.8. The van der Waals surface area contributed by atoms with Gasteiger partial charge in [-0.15, -0.1) is 0 Å². The van der Waals surface area contributed by atoms with E-state index < -0.39 is 22.0 Å². The first-order valence-electron chi connectivity index (χ1n) is 8.59. The summed E-state index contributed by atoms with van der Waals surface area (Å²) < 4.78 is 28.2. The van der Waals surface area contributed by atoms with Crippen LogP contribution >= 0.6 is 0 Å². The molecular formula is C20H21N3O3S. The zero-order valence-electron chi connectivity index (χ0n) is 15.1. The number of carbonyl (C=O) groups is 1. The number of sulfonamides is 1. The van der Waals surface area contributed by atoms with Crippen LogP contribution in [0.3, 0.4) is 0 Å². The minimum absolute atomic E-state index is 0.128. The van der Waals surface area contributed by atoms with Gasteiger partial charge >= 0.3 is 0 Å². The van der Waals surface area contributed by atoms with Crippen molar-refractivity contribution in [2.24, 2.45) is 5.92 Å². The van der Waals surface area contributed by atoms with Gasteiger partial charge in [0.2, 0.25) is 15.9 Å². The summed E-state index contributed by atoms with van der Waals surface area (Å²) >= 11 is 0. The molecule has 0 unspecified atom stereocenters. The van der Waals surface area contributed by atoms with Gasteiger partial charge in [0, 0.05) is 18.1 Å². The standard InChI is InChI=1S/C20H21N3O3S/c1-14(2)19(20(24)22-17-9-11-21-12-10-17)23-27(25,26)18-8-7-15-5-3-4-6-16(15)13-18/h3-14,19,23H,1-2H3,(H,21,22,24)/t19-/m0/s1. The molecule has 27 heavy (non-hydrogen) atoms. The Kier molecular flexibility index (Phi) is 5.53. The van der Waals surface area contributed by atoms with E-state index in [0.29, 0.717) is 5.69 Å². The number of hydrogen-bond acceptors (Lipinski definition) is 4. The normalized spacial score (nSPS) is 12.9. The van der Waals surface area contributed by atoms with Crippen molar-refractivity contribution < 1.29 is 13.2 Å². The summed E-state index contributed by atoms with van der Waals surface area (Å²) in [6.45, 7) is 3.58. The highest BCUT2D eigenvalue weighted by Gasteiger charge is 2.28. The van der Waals surface area contributed by atoms with E-state index in [1.165, 1.54) is 0 Å². The fraction of sp³-hybridized carbons (Fsp3) is 0.200. The van der Waals surface area contributed by atoms with Crippen LogP contribution in [0.2, 0.25) is 0 Å². The van der Waals surface area contributed by atoms with Crippen molar-refractivity contribution in [1.29, 1.82) is 0 Å². The Bertz CT molecular complexity index is 1050. The van der Waals surface area contributed by atoms with Crippen molar-refractivity contribution in [3.8, 4) is 0 Å². The number of amides is 1. The molecule has 3 rings (SSSR count). The van der Waals surface area contributed by atoms with E-state index >= 15 is 0 Å². The highest BCUT2D eigenvalue weighted by molar-refractivity contribution is 7.89. The topological polar surface area (TPSA) is 88.2 Å². The van der Waals surface area contributed by atoms with Crippen LogP contribution < -0.4 is 10.0 Å². The average molecular weight is 383 g/mol. The lowest BCUT2D eigenvalue weighted by Gasteiger charge is -2.21. The molecule has 0 aliphatic heterocycles. The third kappa shape index (κ3) is 4.50. The second-order valence-corrected chi connectivity index (χ2v) is 8.29. The molecule has 0 bridgehead atoms. The molecule has 1 heterocycles. The number of carbonyl (C=O) groups excluding carboxylic acids is 1. The molecule has 1 aromatic heterocycles. The Morgan fingerprint density at radius 1 is 0.963 bits per heavy atom. The van der Waals surface area contributed by atoms with Crippen LogP contribution in [0.4, 0.5) is 5.69 Å². The van der Waals surface area contributed by atoms with Crippen LogP contribution in [0.1, 0.15) is 13.8 Å². The molecule has 0 saturated heterocycles. The summed E-state index contributed by atoms with van der Waals surface area (Å²) in [5.41, 5.74) is 0.561. The molecule has 0 aliphatic carbocycles. The van der Waals surface area contributed by atoms with Crippen LogP contribution in [0.5, 0.6) is 0 Å². The van der Waals surface area contributed by atoms with Crippen LogP contribution in [-0.4, -0.2) is 25.4 Å². The number of benzene rings is 2. The van der Waals surface area contributed by atoms with E-state index in [0.717, 1.165) is 10.8 Å². The van der Waals surface area contributed by atoms with Gasteiger partial charge in [-0.05, 0) is 41.0 Å². The van der Waals surface area contributed by atoms with Gasteiger partial charge in [0.1, 0.15) is 6.04 Å². The molecule has 2 N–H and O–H groups in total. The van der Waals surface area contributed by atoms with Crippen molar-refractivity contribution >= 4 is 32.4 Å². The fourth-order valence-corrected chi connectivity index (χ4v) is 4.10. The predicted octanol–water partition coefficient (Wildman–Crippen LogP) is 3.18. The summed E-state index contributed by atoms with van der Waals surface area (Å²) in [6.07, 6.45) is 3.11. The number of aromatic nitrogens is 1. The lowest BCUT2D eigenvalue weighted by Crippen LogP contribution is -2.47. The van der Waals surface area contributed by atoms with E-state index in [-0.39, 0.29) is 10.8 Å². The smallest absolute Gasteiger partial charge is 0.242 e. The number of anilines is 1. The van der Waals surface area contributed by atoms with Gasteiger partial charge < -0.3 is 5.32 Å². The monoisotopic (exact) mass is 383 g/mol. The van der Waals surface area contributed by atoms with E-state index in [2.05, 4.69) is 15.0 Å². The van der Waals surface area contributed by atoms with Gasteiger partial charge in [-0.1, -0.05) is 44.2 Å². The molecule has 1 amide bonds. The SMILES string of the molecule is CC(C)[C@H](NS(=O)(=O)c1ccc2ccccc2c1)C(=O)Nc1ccncc1. The van der Waals surface area contributed by atoms with Crippen molar-refractivity contribution in [2.45, 2.75) is 24.8 Å². The number of nitrogens with zero attached hydrogens (tertiary/aromatic N) is 1. The zero-order valence-corrected chi connectivity index (χ0v) is 15.9. The van der Waals surface area contributed by atoms with Gasteiger partial charge in [0.25, 0.3) is 0 Å². The minimum atomic E-state index is -3.86. The number of hydrogen-bond donors (Lipinski definition) is 2. The van der Waals surface area contributed by atoms with Crippen molar-refractivity contribution in [1.82, 2.24) is 9.71 Å². The molecule has 6 nitrogen and oxygen atoms in total. The first kappa shape index (κ1) is 19.0. The fourth-order valence-electron chi connectivity index (χ4n) is 2.72.